The standard InChI is InChI=1S/C9H10N4S/c10-9-2-1-8(5-11-9)14-6-7-3-4-12-13-7/h1-5H,6H2,(H2,10,11)(H,12,13). The summed E-state index contributed by atoms with van der Waals surface area (Å²) in [7, 11) is 0. The van der Waals surface area contributed by atoms with Crippen LogP contribution >= 0.6 is 11.8 Å². The van der Waals surface area contributed by atoms with Crippen LogP contribution in [0.15, 0.2) is 35.5 Å². The fourth-order valence-electron chi connectivity index (χ4n) is 1.00. The number of nitrogen functional groups attached to an aromatic ring is 1. The third kappa shape index (κ3) is 2.26. The van der Waals surface area contributed by atoms with Gasteiger partial charge in [-0.15, -0.1) is 11.8 Å². The summed E-state index contributed by atoms with van der Waals surface area (Å²) in [5.41, 5.74) is 6.58. The Hall–Kier alpha value is -1.49. The monoisotopic (exact) mass is 206 g/mol. The summed E-state index contributed by atoms with van der Waals surface area (Å²) >= 11 is 1.70. The zero-order valence-corrected chi connectivity index (χ0v) is 8.29. The van der Waals surface area contributed by atoms with Gasteiger partial charge in [0.2, 0.25) is 0 Å². The zero-order chi connectivity index (χ0) is 9.80. The average molecular weight is 206 g/mol. The van der Waals surface area contributed by atoms with E-state index in [0.29, 0.717) is 5.82 Å². The van der Waals surface area contributed by atoms with Crippen LogP contribution in [-0.4, -0.2) is 15.2 Å². The molecule has 0 aromatic carbocycles. The van der Waals surface area contributed by atoms with Crippen LogP contribution in [0.2, 0.25) is 0 Å². The lowest BCUT2D eigenvalue weighted by molar-refractivity contribution is 1.04. The predicted octanol–water partition coefficient (Wildman–Crippen LogP) is 1.68. The Morgan fingerprint density at radius 2 is 2.29 bits per heavy atom. The summed E-state index contributed by atoms with van der Waals surface area (Å²) in [6.07, 6.45) is 3.52. The minimum atomic E-state index is 0.552. The van der Waals surface area contributed by atoms with Gasteiger partial charge in [0, 0.05) is 28.7 Å². The van der Waals surface area contributed by atoms with Crippen molar-refractivity contribution in [2.45, 2.75) is 10.6 Å². The lowest BCUT2D eigenvalue weighted by Crippen LogP contribution is -1.88. The fraction of sp³-hybridized carbons (Fsp3) is 0.111. The number of hydrogen-bond acceptors (Lipinski definition) is 4. The number of rotatable bonds is 3. The van der Waals surface area contributed by atoms with E-state index in [1.54, 1.807) is 30.2 Å². The molecule has 0 saturated carbocycles. The quantitative estimate of drug-likeness (QED) is 0.750. The minimum Gasteiger partial charge on any atom is -0.384 e. The number of nitrogens with two attached hydrogens (primary N) is 1. The summed E-state index contributed by atoms with van der Waals surface area (Å²) in [4.78, 5) is 5.12. The van der Waals surface area contributed by atoms with Crippen LogP contribution in [0.5, 0.6) is 0 Å². The van der Waals surface area contributed by atoms with E-state index in [9.17, 15) is 0 Å². The van der Waals surface area contributed by atoms with Crippen molar-refractivity contribution in [3.63, 3.8) is 0 Å². The Morgan fingerprint density at radius 1 is 1.36 bits per heavy atom. The van der Waals surface area contributed by atoms with Gasteiger partial charge in [-0.05, 0) is 18.2 Å². The summed E-state index contributed by atoms with van der Waals surface area (Å²) in [6.45, 7) is 0. The number of pyridine rings is 1. The lowest BCUT2D eigenvalue weighted by Gasteiger charge is -1.99. The lowest BCUT2D eigenvalue weighted by atomic mass is 10.5. The van der Waals surface area contributed by atoms with Crippen LogP contribution < -0.4 is 5.73 Å². The Morgan fingerprint density at radius 3 is 2.93 bits per heavy atom. The highest BCUT2D eigenvalue weighted by Crippen LogP contribution is 2.20. The highest BCUT2D eigenvalue weighted by atomic mass is 32.2. The topological polar surface area (TPSA) is 67.6 Å². The Labute approximate surface area is 85.9 Å². The van der Waals surface area contributed by atoms with Gasteiger partial charge in [-0.25, -0.2) is 4.98 Å². The van der Waals surface area contributed by atoms with Crippen LogP contribution in [0.1, 0.15) is 5.69 Å². The van der Waals surface area contributed by atoms with E-state index in [1.807, 2.05) is 12.1 Å². The minimum absolute atomic E-state index is 0.552. The van der Waals surface area contributed by atoms with E-state index in [1.165, 1.54) is 0 Å². The molecule has 2 rings (SSSR count). The molecule has 0 spiro atoms. The molecular formula is C9H10N4S. The van der Waals surface area contributed by atoms with Gasteiger partial charge in [0.15, 0.2) is 0 Å². The summed E-state index contributed by atoms with van der Waals surface area (Å²) in [5.74, 6) is 1.42. The van der Waals surface area contributed by atoms with Crippen molar-refractivity contribution in [3.05, 3.63) is 36.3 Å². The smallest absolute Gasteiger partial charge is 0.123 e. The molecule has 2 aromatic rings. The molecule has 72 valence electrons. The fourth-order valence-corrected chi connectivity index (χ4v) is 1.78. The van der Waals surface area contributed by atoms with Gasteiger partial charge in [-0.2, -0.15) is 5.10 Å². The second-order valence-electron chi connectivity index (χ2n) is 2.79. The Balaban J connectivity index is 1.95. The molecular weight excluding hydrogens is 196 g/mol. The van der Waals surface area contributed by atoms with Crippen molar-refractivity contribution in [3.8, 4) is 0 Å². The van der Waals surface area contributed by atoms with Crippen molar-refractivity contribution in [1.29, 1.82) is 0 Å². The van der Waals surface area contributed by atoms with E-state index in [0.717, 1.165) is 16.3 Å². The van der Waals surface area contributed by atoms with E-state index >= 15 is 0 Å². The summed E-state index contributed by atoms with van der Waals surface area (Å²) < 4.78 is 0. The first-order valence-electron chi connectivity index (χ1n) is 4.17. The van der Waals surface area contributed by atoms with Gasteiger partial charge in [-0.3, -0.25) is 5.10 Å². The highest BCUT2D eigenvalue weighted by molar-refractivity contribution is 7.98. The van der Waals surface area contributed by atoms with Gasteiger partial charge in [0.1, 0.15) is 5.82 Å². The number of hydrogen-bond donors (Lipinski definition) is 2. The normalized spacial score (nSPS) is 10.3. The first kappa shape index (κ1) is 9.08. The Kier molecular flexibility index (Phi) is 2.69. The predicted molar refractivity (Wildman–Crippen MR) is 56.8 cm³/mol. The highest BCUT2D eigenvalue weighted by Gasteiger charge is 1.97. The summed E-state index contributed by atoms with van der Waals surface area (Å²) in [6, 6.07) is 5.72. The van der Waals surface area contributed by atoms with Gasteiger partial charge in [0.25, 0.3) is 0 Å². The van der Waals surface area contributed by atoms with Crippen LogP contribution in [0.25, 0.3) is 0 Å². The largest absolute Gasteiger partial charge is 0.384 e. The first-order chi connectivity index (χ1) is 6.84. The molecule has 0 fully saturated rings. The molecule has 2 aromatic heterocycles. The molecule has 0 saturated heterocycles. The molecule has 0 bridgehead atoms. The molecule has 3 N–H and O–H groups in total. The van der Waals surface area contributed by atoms with Crippen molar-refractivity contribution in [2.75, 3.05) is 5.73 Å². The molecule has 0 aliphatic heterocycles. The number of thioether (sulfide) groups is 1. The van der Waals surface area contributed by atoms with E-state index in [2.05, 4.69) is 15.2 Å². The van der Waals surface area contributed by atoms with E-state index in [-0.39, 0.29) is 0 Å². The van der Waals surface area contributed by atoms with Crippen molar-refractivity contribution in [2.24, 2.45) is 0 Å². The molecule has 5 heteroatoms. The number of aromatic amines is 1. The third-order valence-electron chi connectivity index (χ3n) is 1.71. The SMILES string of the molecule is Nc1ccc(SCc2ccn[nH]2)cn1. The van der Waals surface area contributed by atoms with Crippen molar-refractivity contribution in [1.82, 2.24) is 15.2 Å². The van der Waals surface area contributed by atoms with E-state index < -0.39 is 0 Å². The van der Waals surface area contributed by atoms with Crippen LogP contribution in [-0.2, 0) is 5.75 Å². The van der Waals surface area contributed by atoms with E-state index in [4.69, 9.17) is 5.73 Å². The average Bonchev–Trinajstić information content (AvgIpc) is 2.70. The number of nitrogens with zero attached hydrogens (tertiary/aromatic N) is 2. The number of nitrogens with one attached hydrogen (secondary N) is 1. The molecule has 0 aliphatic rings. The summed E-state index contributed by atoms with van der Waals surface area (Å²) in [5, 5.41) is 6.78. The number of H-pyrrole nitrogens is 1. The molecule has 2 heterocycles. The molecule has 0 amide bonds. The molecule has 0 aliphatic carbocycles. The van der Waals surface area contributed by atoms with Gasteiger partial charge in [-0.1, -0.05) is 0 Å². The van der Waals surface area contributed by atoms with Crippen LogP contribution in [0.4, 0.5) is 5.82 Å². The van der Waals surface area contributed by atoms with Gasteiger partial charge in [0.05, 0.1) is 0 Å². The maximum Gasteiger partial charge on any atom is 0.123 e. The molecule has 0 atom stereocenters. The molecule has 4 nitrogen and oxygen atoms in total. The van der Waals surface area contributed by atoms with Crippen molar-refractivity contribution >= 4 is 17.6 Å². The van der Waals surface area contributed by atoms with Gasteiger partial charge < -0.3 is 5.73 Å². The van der Waals surface area contributed by atoms with Crippen molar-refractivity contribution < 1.29 is 0 Å². The van der Waals surface area contributed by atoms with Gasteiger partial charge >= 0.3 is 0 Å². The second-order valence-corrected chi connectivity index (χ2v) is 3.84. The number of aromatic nitrogens is 3. The third-order valence-corrected chi connectivity index (χ3v) is 2.74. The second kappa shape index (κ2) is 4.15. The molecule has 0 unspecified atom stereocenters. The number of anilines is 1. The molecule has 0 radical (unpaired) electrons. The molecule has 14 heavy (non-hydrogen) atoms. The Bertz CT molecular complexity index is 382. The zero-order valence-electron chi connectivity index (χ0n) is 7.47. The maximum atomic E-state index is 5.48. The van der Waals surface area contributed by atoms with Crippen LogP contribution in [0.3, 0.4) is 0 Å². The maximum absolute atomic E-state index is 5.48. The van der Waals surface area contributed by atoms with Crippen LogP contribution in [0, 0.1) is 0 Å². The first-order valence-corrected chi connectivity index (χ1v) is 5.16.